The molecule has 0 aliphatic heterocycles. The highest BCUT2D eigenvalue weighted by atomic mass is 35.5. The lowest BCUT2D eigenvalue weighted by atomic mass is 10.1. The van der Waals surface area contributed by atoms with Crippen LogP contribution in [0.1, 0.15) is 60.9 Å². The number of rotatable bonds is 21. The number of alkyl halides is 3. The first-order chi connectivity index (χ1) is 38.6. The first-order valence-corrected chi connectivity index (χ1v) is 27.3. The molecule has 3 heterocycles. The van der Waals surface area contributed by atoms with Crippen molar-refractivity contribution < 1.29 is 93.6 Å². The van der Waals surface area contributed by atoms with E-state index in [2.05, 4.69) is 51.2 Å². The molecule has 5 rings (SSSR count). The van der Waals surface area contributed by atoms with Crippen molar-refractivity contribution in [2.24, 2.45) is 0 Å². The molecule has 83 heavy (non-hydrogen) atoms. The summed E-state index contributed by atoms with van der Waals surface area (Å²) in [4.78, 5) is 109. The van der Waals surface area contributed by atoms with Gasteiger partial charge in [0, 0.05) is 45.0 Å². The number of aliphatic carboxylic acids is 1. The Labute approximate surface area is 480 Å². The molecule has 0 radical (unpaired) electrons. The van der Waals surface area contributed by atoms with Gasteiger partial charge in [-0.25, -0.2) is 24.1 Å². The molecule has 0 bridgehead atoms. The summed E-state index contributed by atoms with van der Waals surface area (Å²) >= 11 is 11.6. The van der Waals surface area contributed by atoms with Gasteiger partial charge in [-0.2, -0.15) is 46.5 Å². The zero-order chi connectivity index (χ0) is 63.0. The van der Waals surface area contributed by atoms with Gasteiger partial charge in [0.05, 0.1) is 60.8 Å². The number of urea groups is 1. The number of benzene rings is 2. The summed E-state index contributed by atoms with van der Waals surface area (Å²) in [6.07, 6.45) is -5.35. The zero-order valence-corrected chi connectivity index (χ0v) is 48.3. The highest BCUT2D eigenvalue weighted by Crippen LogP contribution is 2.37. The molecule has 0 saturated heterocycles. The van der Waals surface area contributed by atoms with Gasteiger partial charge < -0.3 is 54.1 Å². The Balaban J connectivity index is 0.000000411. The molecule has 0 aliphatic rings. The van der Waals surface area contributed by atoms with Crippen LogP contribution in [0.2, 0.25) is 10.3 Å². The number of nitro benzene ring substituents is 1. The highest BCUT2D eigenvalue weighted by molar-refractivity contribution is 7.90. The van der Waals surface area contributed by atoms with Crippen molar-refractivity contribution in [2.45, 2.75) is 58.0 Å². The number of hydrogen-bond donors (Lipinski definition) is 8. The second-order valence-electron chi connectivity index (χ2n) is 16.1. The number of nitro groups is 1. The fraction of sp³-hybridized carbons (Fsp3) is 0.356. The van der Waals surface area contributed by atoms with E-state index >= 15 is 0 Å². The van der Waals surface area contributed by atoms with Crippen LogP contribution in [0.25, 0.3) is 0 Å². The minimum absolute atomic E-state index is 0.0398. The van der Waals surface area contributed by atoms with E-state index in [4.69, 9.17) is 61.8 Å². The molecule has 31 nitrogen and oxygen atoms in total. The SMILES string of the molecule is CCNc1nc(Cl)nc(NC(C)C)n1.CCOC(=O)C(C)OC(=O)c1cc(Oc2ccc(C(F)(F)F)cc2Cl)ccc1[N+](=O)[O-].COc1cc(OC)nc(NC(=O)NS(=O)(=O)c2ncccc2C(=O)N(C)C)n1.O=C(O)CNCP(=O)(O)O. The van der Waals surface area contributed by atoms with Crippen LogP contribution in [0, 0.1) is 10.1 Å². The fourth-order valence-corrected chi connectivity index (χ4v) is 7.33. The number of ether oxygens (including phenoxy) is 5. The minimum atomic E-state index is -4.61. The number of aromatic nitrogens is 6. The molecule has 0 aliphatic carbocycles. The maximum atomic E-state index is 12.8. The van der Waals surface area contributed by atoms with E-state index in [0.29, 0.717) is 18.0 Å². The number of carbonyl (C=O) groups is 5. The Morgan fingerprint density at radius 1 is 0.880 bits per heavy atom. The lowest BCUT2D eigenvalue weighted by molar-refractivity contribution is -0.385. The Hall–Kier alpha value is -8.34. The molecular weight excluding hydrogens is 1200 g/mol. The topological polar surface area (TPSA) is 427 Å². The van der Waals surface area contributed by atoms with Crippen molar-refractivity contribution in [2.75, 3.05) is 70.2 Å². The number of nitrogens with zero attached hydrogens (tertiary/aromatic N) is 8. The molecule has 38 heteroatoms. The number of halogens is 5. The van der Waals surface area contributed by atoms with Crippen molar-refractivity contribution in [3.8, 4) is 23.3 Å². The lowest BCUT2D eigenvalue weighted by Gasteiger charge is -2.14. The summed E-state index contributed by atoms with van der Waals surface area (Å²) < 4.78 is 100.0. The number of carbonyl (C=O) groups excluding carboxylic acids is 4. The van der Waals surface area contributed by atoms with Crippen LogP contribution in [-0.2, 0) is 39.8 Å². The number of nitrogens with one attached hydrogen (secondary N) is 5. The van der Waals surface area contributed by atoms with Gasteiger partial charge >= 0.3 is 37.7 Å². The van der Waals surface area contributed by atoms with Gasteiger partial charge in [0.1, 0.15) is 17.1 Å². The summed E-state index contributed by atoms with van der Waals surface area (Å²) in [6.45, 7) is 9.10. The van der Waals surface area contributed by atoms with E-state index < -0.39 is 99.3 Å². The van der Waals surface area contributed by atoms with Gasteiger partial charge in [0.2, 0.25) is 34.9 Å². The monoisotopic (exact) mass is 1260 g/mol. The molecule has 1 unspecified atom stereocenters. The summed E-state index contributed by atoms with van der Waals surface area (Å²) in [5, 5.41) is 28.7. The van der Waals surface area contributed by atoms with Crippen molar-refractivity contribution in [3.63, 3.8) is 0 Å². The minimum Gasteiger partial charge on any atom is -0.481 e. The number of pyridine rings is 1. The molecule has 3 aromatic heterocycles. The summed E-state index contributed by atoms with van der Waals surface area (Å²) in [5.74, 6) is -3.17. The van der Waals surface area contributed by atoms with Gasteiger partial charge in [-0.15, -0.1) is 0 Å². The van der Waals surface area contributed by atoms with Gasteiger partial charge in [0.15, 0.2) is 11.1 Å². The molecule has 454 valence electrons. The summed E-state index contributed by atoms with van der Waals surface area (Å²) in [6, 6.07) is 8.54. The molecule has 0 fully saturated rings. The number of methoxy groups -OCH3 is 2. The second-order valence-corrected chi connectivity index (χ2v) is 20.1. The number of sulfonamides is 1. The van der Waals surface area contributed by atoms with Gasteiger partial charge in [-0.3, -0.25) is 34.9 Å². The average molecular weight is 1260 g/mol. The molecule has 8 N–H and O–H groups in total. The maximum Gasteiger partial charge on any atom is 0.416 e. The van der Waals surface area contributed by atoms with Crippen LogP contribution in [0.15, 0.2) is 65.8 Å². The fourth-order valence-electron chi connectivity index (χ4n) is 5.51. The third kappa shape index (κ3) is 25.1. The molecule has 5 aromatic rings. The van der Waals surface area contributed by atoms with Crippen molar-refractivity contribution in [1.82, 2.24) is 44.8 Å². The Morgan fingerprint density at radius 3 is 2.02 bits per heavy atom. The normalized spacial score (nSPS) is 11.2. The first kappa shape index (κ1) is 70.8. The zero-order valence-electron chi connectivity index (χ0n) is 45.0. The van der Waals surface area contributed by atoms with Crippen molar-refractivity contribution in [1.29, 1.82) is 0 Å². The quantitative estimate of drug-likeness (QED) is 0.0185. The number of carboxylic acid groups (broad SMARTS) is 1. The van der Waals surface area contributed by atoms with Crippen LogP contribution < -0.4 is 40.2 Å². The van der Waals surface area contributed by atoms with Crippen molar-refractivity contribution >= 4 is 94.2 Å². The van der Waals surface area contributed by atoms with E-state index in [1.807, 2.05) is 20.8 Å². The molecule has 2 aromatic carbocycles. The third-order valence-electron chi connectivity index (χ3n) is 8.94. The molecule has 1 atom stereocenters. The Kier molecular flexibility index (Phi) is 28.1. The highest BCUT2D eigenvalue weighted by Gasteiger charge is 2.32. The number of amides is 3. The van der Waals surface area contributed by atoms with E-state index in [-0.39, 0.29) is 57.7 Å². The van der Waals surface area contributed by atoms with Crippen LogP contribution in [-0.4, -0.2) is 159 Å². The number of esters is 2. The Bertz CT molecular complexity index is 3220. The summed E-state index contributed by atoms with van der Waals surface area (Å²) in [5.41, 5.74) is -2.36. The average Bonchev–Trinajstić information content (AvgIpc) is 3.50. The number of hydrogen-bond acceptors (Lipinski definition) is 24. The van der Waals surface area contributed by atoms with E-state index in [0.717, 1.165) is 36.9 Å². The smallest absolute Gasteiger partial charge is 0.416 e. The molecule has 3 amide bonds. The Morgan fingerprint density at radius 2 is 1.51 bits per heavy atom. The van der Waals surface area contributed by atoms with E-state index in [1.165, 1.54) is 64.5 Å². The van der Waals surface area contributed by atoms with E-state index in [1.54, 1.807) is 11.6 Å². The molecule has 0 spiro atoms. The molecular formula is C45H55Cl2F3N13O18PS. The van der Waals surface area contributed by atoms with E-state index in [9.17, 15) is 60.2 Å². The van der Waals surface area contributed by atoms with Crippen LogP contribution >= 0.6 is 30.8 Å². The van der Waals surface area contributed by atoms with Gasteiger partial charge in [0.25, 0.3) is 21.6 Å². The van der Waals surface area contributed by atoms with Crippen LogP contribution in [0.3, 0.4) is 0 Å². The third-order valence-corrected chi connectivity index (χ3v) is 11.3. The standard InChI is InChI=1S/C19H15ClF3NO7.C15H18N6O6S.C8H14ClN5.C3H8NO5P/c1-3-29-17(25)10(2)30-18(26)13-9-12(5-6-15(13)24(27)28)31-16-7-4-11(8-14(16)20)19(21,22)23;1-21(2)13(22)9-6-5-7-16-12(9)28(24,25)20-15(23)19-14-17-10(26-3)8-11(18-14)27-4;1-4-10-7-12-6(9)13-8(14-7)11-5(2)3;5-3(6)1-4-2-10(7,8)9/h4-10H,3H2,1-2H3;5-8H,1-4H3,(H2,17,18,19,20,23);5H,4H2,1-3H3,(H2,10,11,12,13,14);4H,1-2H2,(H,5,6)(H2,7,8,9). The predicted octanol–water partition coefficient (Wildman–Crippen LogP) is 5.84. The van der Waals surface area contributed by atoms with Crippen LogP contribution in [0.5, 0.6) is 23.3 Å². The summed E-state index contributed by atoms with van der Waals surface area (Å²) in [7, 11) is -2.94. The number of anilines is 3. The van der Waals surface area contributed by atoms with Gasteiger partial charge in [-0.1, -0.05) is 11.6 Å². The largest absolute Gasteiger partial charge is 0.481 e. The second kappa shape index (κ2) is 32.9. The van der Waals surface area contributed by atoms with Crippen molar-refractivity contribution in [3.05, 3.63) is 97.9 Å². The number of carboxylic acids is 1. The van der Waals surface area contributed by atoms with Crippen LogP contribution in [0.4, 0.5) is 41.5 Å². The molecule has 0 saturated carbocycles. The predicted molar refractivity (Wildman–Crippen MR) is 288 cm³/mol. The maximum absolute atomic E-state index is 12.8. The van der Waals surface area contributed by atoms with Gasteiger partial charge in [-0.05, 0) is 82.6 Å². The first-order valence-electron chi connectivity index (χ1n) is 23.2. The lowest BCUT2D eigenvalue weighted by Crippen LogP contribution is -2.36.